The molecule has 0 fully saturated rings. The summed E-state index contributed by atoms with van der Waals surface area (Å²) in [6.07, 6.45) is 36.3. The van der Waals surface area contributed by atoms with Crippen LogP contribution in [0.3, 0.4) is 0 Å². The minimum Gasteiger partial charge on any atom is -0.310 e. The van der Waals surface area contributed by atoms with Crippen LogP contribution < -0.4 is 14.7 Å². The fourth-order valence-electron chi connectivity index (χ4n) is 19.1. The highest BCUT2D eigenvalue weighted by Gasteiger charge is 2.58. The van der Waals surface area contributed by atoms with Crippen LogP contribution in [-0.2, 0) is 16.2 Å². The molecule has 0 N–H and O–H groups in total. The van der Waals surface area contributed by atoms with Gasteiger partial charge < -0.3 is 14.7 Å². The van der Waals surface area contributed by atoms with Crippen LogP contribution in [0.5, 0.6) is 0 Å². The summed E-state index contributed by atoms with van der Waals surface area (Å²) in [4.78, 5) is 7.72. The molecule has 10 aromatic rings. The van der Waals surface area contributed by atoms with Gasteiger partial charge in [0.2, 0.25) is 0 Å². The highest BCUT2D eigenvalue weighted by molar-refractivity contribution is 6.06. The van der Waals surface area contributed by atoms with Gasteiger partial charge in [-0.25, -0.2) is 0 Å². The van der Waals surface area contributed by atoms with Gasteiger partial charge in [0, 0.05) is 67.4 Å². The smallest absolute Gasteiger partial charge is 0.0465 e. The van der Waals surface area contributed by atoms with Gasteiger partial charge in [-0.15, -0.1) is 0 Å². The van der Waals surface area contributed by atoms with Crippen molar-refractivity contribution in [1.29, 1.82) is 0 Å². The van der Waals surface area contributed by atoms with Crippen molar-refractivity contribution in [2.75, 3.05) is 14.7 Å². The third-order valence-corrected chi connectivity index (χ3v) is 23.9. The van der Waals surface area contributed by atoms with Crippen molar-refractivity contribution in [3.63, 3.8) is 0 Å². The first-order valence-electron chi connectivity index (χ1n) is 40.8. The molecule has 0 aliphatic heterocycles. The number of unbranched alkanes of at least 4 members (excludes halogenated alkanes) is 18. The molecule has 0 atom stereocenters. The van der Waals surface area contributed by atoms with Crippen molar-refractivity contribution in [3.8, 4) is 33.4 Å². The second-order valence-electron chi connectivity index (χ2n) is 30.6. The van der Waals surface area contributed by atoms with Gasteiger partial charge in [-0.05, 0) is 214 Å². The minimum atomic E-state index is -0.273. The number of nitrogens with zero attached hydrogens (tertiary/aromatic N) is 3. The summed E-state index contributed by atoms with van der Waals surface area (Å²) in [6.45, 7) is 14.5. The number of rotatable bonds is 39. The van der Waals surface area contributed by atoms with E-state index >= 15 is 0 Å². The molecule has 3 aliphatic rings. The fourth-order valence-corrected chi connectivity index (χ4v) is 19.1. The average Bonchev–Trinajstić information content (AvgIpc) is 1.48. The van der Waals surface area contributed by atoms with Crippen LogP contribution in [0.25, 0.3) is 33.4 Å². The van der Waals surface area contributed by atoms with E-state index in [1.807, 2.05) is 0 Å². The number of hydrogen-bond donors (Lipinski definition) is 0. The quantitative estimate of drug-likeness (QED) is 0.0356. The lowest BCUT2D eigenvalue weighted by atomic mass is 9.63. The molecule has 3 aliphatic carbocycles. The van der Waals surface area contributed by atoms with Crippen LogP contribution in [0.2, 0.25) is 0 Å². The zero-order chi connectivity index (χ0) is 70.1. The molecular weight excluding hydrogens is 1230 g/mol. The molecule has 528 valence electrons. The maximum Gasteiger partial charge on any atom is 0.0465 e. The van der Waals surface area contributed by atoms with E-state index in [1.54, 1.807) is 50.1 Å². The topological polar surface area (TPSA) is 9.72 Å². The van der Waals surface area contributed by atoms with Gasteiger partial charge in [0.25, 0.3) is 0 Å². The van der Waals surface area contributed by atoms with Gasteiger partial charge in [0.1, 0.15) is 0 Å². The van der Waals surface area contributed by atoms with E-state index in [0.29, 0.717) is 0 Å². The first kappa shape index (κ1) is 72.0. The predicted octanol–water partition coefficient (Wildman–Crippen LogP) is 30.7. The predicted molar refractivity (Wildman–Crippen MR) is 442 cm³/mol. The first-order valence-corrected chi connectivity index (χ1v) is 40.8. The first-order chi connectivity index (χ1) is 50.4. The number of hydrogen-bond acceptors (Lipinski definition) is 3. The van der Waals surface area contributed by atoms with Gasteiger partial charge in [0.15, 0.2) is 0 Å². The van der Waals surface area contributed by atoms with Gasteiger partial charge in [-0.2, -0.15) is 0 Å². The van der Waals surface area contributed by atoms with Crippen molar-refractivity contribution < 1.29 is 0 Å². The van der Waals surface area contributed by atoms with Crippen LogP contribution in [0.4, 0.5) is 51.2 Å². The molecule has 0 radical (unpaired) electrons. The largest absolute Gasteiger partial charge is 0.310 e. The van der Waals surface area contributed by atoms with E-state index in [0.717, 1.165) is 38.5 Å². The summed E-state index contributed by atoms with van der Waals surface area (Å²) in [5.41, 5.74) is 29.4. The Morgan fingerprint density at radius 1 is 0.196 bits per heavy atom. The zero-order valence-electron chi connectivity index (χ0n) is 63.1. The Labute approximate surface area is 615 Å². The number of fused-ring (bicyclic) bond motifs is 12. The Kier molecular flexibility index (Phi) is 24.2. The monoisotopic (exact) mass is 1350 g/mol. The van der Waals surface area contributed by atoms with Crippen LogP contribution in [0, 0.1) is 0 Å². The second-order valence-corrected chi connectivity index (χ2v) is 30.6. The Hall–Kier alpha value is -8.40. The molecule has 0 aromatic heterocycles. The standard InChI is InChI=1S/C99H117N3/c1-7-13-19-43-67-97(68-44-20-14-8-2)88-73-82(100(76-49-31-25-32-50-76)77-51-33-26-34-52-77)61-64-85(88)91-94(97)92-86-65-62-83(101(78-53-35-27-36-54-78)79-55-37-28-38-56-79)74-89(86)98(69-45-21-15-9-3,70-46-22-16-10-4)96(92)93-87-66-63-84(102(80-57-39-29-40-58-80)81-59-41-30-42-60-81)75-90(87)99(95(91)93,71-47-23-17-11-5)72-48-24-18-12-6/h25-42,49-66,73-75H,7-24,43-48,67-72H2,1-6H3. The van der Waals surface area contributed by atoms with Crippen LogP contribution in [-0.4, -0.2) is 0 Å². The van der Waals surface area contributed by atoms with Crippen molar-refractivity contribution in [1.82, 2.24) is 0 Å². The summed E-state index contributed by atoms with van der Waals surface area (Å²) in [5.74, 6) is 0. The van der Waals surface area contributed by atoms with Gasteiger partial charge in [-0.3, -0.25) is 0 Å². The molecule has 0 saturated carbocycles. The summed E-state index contributed by atoms with van der Waals surface area (Å²) in [5, 5.41) is 0. The number of para-hydroxylation sites is 6. The molecule has 0 heterocycles. The molecule has 3 nitrogen and oxygen atoms in total. The number of anilines is 9. The van der Waals surface area contributed by atoms with E-state index in [1.165, 1.54) is 222 Å². The molecule has 13 rings (SSSR count). The molecule has 10 aromatic carbocycles. The number of benzene rings is 10. The average molecular weight is 1350 g/mol. The molecular formula is C99H117N3. The third kappa shape index (κ3) is 14.4. The molecule has 0 spiro atoms. The zero-order valence-corrected chi connectivity index (χ0v) is 63.1. The lowest BCUT2D eigenvalue weighted by Crippen LogP contribution is -2.31. The third-order valence-electron chi connectivity index (χ3n) is 23.9. The highest BCUT2D eigenvalue weighted by Crippen LogP contribution is 2.72. The highest BCUT2D eigenvalue weighted by atomic mass is 15.2. The molecule has 0 saturated heterocycles. The van der Waals surface area contributed by atoms with Crippen molar-refractivity contribution in [3.05, 3.63) is 270 Å². The Morgan fingerprint density at radius 3 is 0.559 bits per heavy atom. The van der Waals surface area contributed by atoms with E-state index in [2.05, 4.69) is 293 Å². The summed E-state index contributed by atoms with van der Waals surface area (Å²) in [6, 6.07) is 91.9. The molecule has 0 bridgehead atoms. The Morgan fingerprint density at radius 2 is 0.382 bits per heavy atom. The lowest BCUT2D eigenvalue weighted by molar-refractivity contribution is 0.389. The maximum atomic E-state index is 2.79. The SMILES string of the molecule is CCCCCCC1(CCCCCC)c2cc(N(c3ccccc3)c3ccccc3)ccc2-c2c1c1c(c3c2C(CCCCCC)(CCCCCC)c2cc(N(c4ccccc4)c4ccccc4)ccc2-3)C(CCCCCC)(CCCCCC)c2cc(N(c3ccccc3)c3ccccc3)ccc2-1. The van der Waals surface area contributed by atoms with Crippen LogP contribution >= 0.6 is 0 Å². The van der Waals surface area contributed by atoms with E-state index in [9.17, 15) is 0 Å². The summed E-state index contributed by atoms with van der Waals surface area (Å²) in [7, 11) is 0. The maximum absolute atomic E-state index is 2.79. The van der Waals surface area contributed by atoms with E-state index < -0.39 is 0 Å². The van der Waals surface area contributed by atoms with Crippen LogP contribution in [0.15, 0.2) is 237 Å². The van der Waals surface area contributed by atoms with E-state index in [-0.39, 0.29) is 16.2 Å². The van der Waals surface area contributed by atoms with Crippen molar-refractivity contribution in [2.24, 2.45) is 0 Å². The Balaban J connectivity index is 1.23. The summed E-state index contributed by atoms with van der Waals surface area (Å²) < 4.78 is 0. The molecule has 0 unspecified atom stereocenters. The molecule has 0 amide bonds. The fraction of sp³-hybridized carbons (Fsp3) is 0.394. The lowest BCUT2D eigenvalue weighted by Gasteiger charge is -2.40. The second kappa shape index (κ2) is 34.3. The van der Waals surface area contributed by atoms with E-state index in [4.69, 9.17) is 0 Å². The normalized spacial score (nSPS) is 13.8. The summed E-state index contributed by atoms with van der Waals surface area (Å²) >= 11 is 0. The van der Waals surface area contributed by atoms with Crippen molar-refractivity contribution >= 4 is 51.2 Å². The van der Waals surface area contributed by atoms with Crippen molar-refractivity contribution in [2.45, 2.75) is 250 Å². The van der Waals surface area contributed by atoms with Gasteiger partial charge in [-0.1, -0.05) is 323 Å². The molecule has 3 heteroatoms. The Bertz CT molecular complexity index is 3660. The molecule has 102 heavy (non-hydrogen) atoms. The minimum absolute atomic E-state index is 0.273. The van der Waals surface area contributed by atoms with Gasteiger partial charge >= 0.3 is 0 Å². The van der Waals surface area contributed by atoms with Crippen LogP contribution in [0.1, 0.15) is 268 Å². The van der Waals surface area contributed by atoms with Gasteiger partial charge in [0.05, 0.1) is 0 Å².